The fraction of sp³-hybridized carbons (Fsp3) is 0.662. The van der Waals surface area contributed by atoms with Crippen LogP contribution in [0.5, 0.6) is 0 Å². The van der Waals surface area contributed by atoms with Gasteiger partial charge in [0.1, 0.15) is 6.61 Å². The minimum Gasteiger partial charge on any atom is -0.462 e. The highest BCUT2D eigenvalue weighted by atomic mass is 31.2. The van der Waals surface area contributed by atoms with Crippen molar-refractivity contribution in [1.82, 2.24) is 0 Å². The Morgan fingerprint density at radius 2 is 0.642 bits per heavy atom. The molecule has 0 bridgehead atoms. The first kappa shape index (κ1) is 77.2. The molecule has 81 heavy (non-hydrogen) atoms. The van der Waals surface area contributed by atoms with Gasteiger partial charge in [-0.3, -0.25) is 18.6 Å². The van der Waals surface area contributed by atoms with Gasteiger partial charge in [-0.1, -0.05) is 282 Å². The maximum Gasteiger partial charge on any atom is 0.472 e. The van der Waals surface area contributed by atoms with Crippen molar-refractivity contribution in [3.05, 3.63) is 134 Å². The van der Waals surface area contributed by atoms with Gasteiger partial charge in [0.2, 0.25) is 0 Å². The van der Waals surface area contributed by atoms with Gasteiger partial charge in [-0.2, -0.15) is 0 Å². The summed E-state index contributed by atoms with van der Waals surface area (Å²) < 4.78 is 33.1. The number of ether oxygens (including phenoxy) is 2. The van der Waals surface area contributed by atoms with E-state index in [-0.39, 0.29) is 32.6 Å². The molecular weight excluding hydrogens is 1030 g/mol. The van der Waals surface area contributed by atoms with Crippen LogP contribution in [0.25, 0.3) is 0 Å². The molecule has 0 fully saturated rings. The molecule has 0 radical (unpaired) electrons. The van der Waals surface area contributed by atoms with Crippen molar-refractivity contribution in [3.8, 4) is 0 Å². The summed E-state index contributed by atoms with van der Waals surface area (Å²) in [7, 11) is -4.40. The van der Waals surface area contributed by atoms with E-state index in [1.807, 2.05) is 0 Å². The first-order chi connectivity index (χ1) is 39.8. The standard InChI is InChI=1S/C71H120NO8P/c1-3-5-7-9-11-13-15-17-19-21-23-25-26-27-28-29-30-31-32-33-34-35-36-37-38-39-40-41-42-44-46-48-50-52-54-56-58-60-62-64-71(74)80-69(68-79-81(75,76)78-66-65-72)67-77-70(73)63-61-59-57-55-53-51-49-47-45-43-24-22-20-18-16-14-12-10-8-6-4-2/h5-8,11-14,17-20,23-25,27-28,30-31,43,47,49,69H,3-4,9-10,15-16,21-22,26,29,32-42,44-46,48,50-68,72H2,1-2H3,(H,75,76)/b7-5-,8-6-,13-11-,14-12-,19-17-,20-18-,25-23-,28-27-,31-30-,43-24-,49-47-. The van der Waals surface area contributed by atoms with Gasteiger partial charge in [-0.25, -0.2) is 4.57 Å². The van der Waals surface area contributed by atoms with Gasteiger partial charge in [0.25, 0.3) is 0 Å². The van der Waals surface area contributed by atoms with Crippen molar-refractivity contribution in [1.29, 1.82) is 0 Å². The number of carbonyl (C=O) groups excluding carboxylic acids is 2. The lowest BCUT2D eigenvalue weighted by molar-refractivity contribution is -0.161. The Balaban J connectivity index is 3.89. The summed E-state index contributed by atoms with van der Waals surface area (Å²) in [6.07, 6.45) is 92.5. The molecule has 0 heterocycles. The van der Waals surface area contributed by atoms with Crippen molar-refractivity contribution >= 4 is 19.8 Å². The summed E-state index contributed by atoms with van der Waals surface area (Å²) in [5, 5.41) is 0. The molecule has 0 aliphatic carbocycles. The van der Waals surface area contributed by atoms with Crippen LogP contribution < -0.4 is 5.73 Å². The van der Waals surface area contributed by atoms with Gasteiger partial charge in [-0.15, -0.1) is 0 Å². The van der Waals surface area contributed by atoms with E-state index in [1.165, 1.54) is 109 Å². The second-order valence-corrected chi connectivity index (χ2v) is 22.7. The van der Waals surface area contributed by atoms with Crippen LogP contribution in [0.1, 0.15) is 271 Å². The van der Waals surface area contributed by atoms with Crippen LogP contribution in [0, 0.1) is 0 Å². The monoisotopic (exact) mass is 1150 g/mol. The van der Waals surface area contributed by atoms with Crippen LogP contribution in [0.15, 0.2) is 134 Å². The highest BCUT2D eigenvalue weighted by Gasteiger charge is 2.26. The van der Waals surface area contributed by atoms with Crippen LogP contribution in [0.4, 0.5) is 0 Å². The lowest BCUT2D eigenvalue weighted by Gasteiger charge is -2.19. The third-order valence-electron chi connectivity index (χ3n) is 13.5. The molecule has 2 atom stereocenters. The molecule has 462 valence electrons. The molecule has 2 unspecified atom stereocenters. The molecule has 9 nitrogen and oxygen atoms in total. The number of esters is 2. The average Bonchev–Trinajstić information content (AvgIpc) is 3.46. The lowest BCUT2D eigenvalue weighted by atomic mass is 10.0. The maximum atomic E-state index is 12.7. The summed E-state index contributed by atoms with van der Waals surface area (Å²) in [4.78, 5) is 35.3. The molecule has 0 aromatic heterocycles. The molecule has 0 amide bonds. The smallest absolute Gasteiger partial charge is 0.462 e. The Labute approximate surface area is 497 Å². The molecule has 3 N–H and O–H groups in total. The molecule has 0 aliphatic rings. The quantitative estimate of drug-likeness (QED) is 0.0264. The van der Waals surface area contributed by atoms with E-state index in [1.54, 1.807) is 0 Å². The Morgan fingerprint density at radius 1 is 0.370 bits per heavy atom. The fourth-order valence-corrected chi connectivity index (χ4v) is 9.55. The van der Waals surface area contributed by atoms with Crippen molar-refractivity contribution in [3.63, 3.8) is 0 Å². The molecule has 0 aromatic rings. The highest BCUT2D eigenvalue weighted by Crippen LogP contribution is 2.43. The number of nitrogens with two attached hydrogens (primary N) is 1. The van der Waals surface area contributed by atoms with Gasteiger partial charge in [-0.05, 0) is 109 Å². The Kier molecular flexibility index (Phi) is 62.2. The van der Waals surface area contributed by atoms with E-state index in [0.29, 0.717) is 12.8 Å². The normalized spacial score (nSPS) is 13.9. The number of phosphoric acid groups is 1. The Hall–Kier alpha value is -3.85. The molecule has 0 spiro atoms. The third-order valence-corrected chi connectivity index (χ3v) is 14.5. The van der Waals surface area contributed by atoms with Crippen molar-refractivity contribution < 1.29 is 37.6 Å². The molecule has 0 aromatic carbocycles. The van der Waals surface area contributed by atoms with Crippen LogP contribution in [0.3, 0.4) is 0 Å². The predicted octanol–water partition coefficient (Wildman–Crippen LogP) is 21.3. The van der Waals surface area contributed by atoms with E-state index >= 15 is 0 Å². The van der Waals surface area contributed by atoms with E-state index in [0.717, 1.165) is 122 Å². The highest BCUT2D eigenvalue weighted by molar-refractivity contribution is 7.47. The maximum absolute atomic E-state index is 12.7. The minimum atomic E-state index is -4.40. The first-order valence-electron chi connectivity index (χ1n) is 32.7. The molecule has 0 saturated heterocycles. The minimum absolute atomic E-state index is 0.0457. The van der Waals surface area contributed by atoms with Crippen LogP contribution in [0.2, 0.25) is 0 Å². The molecule has 0 aliphatic heterocycles. The van der Waals surface area contributed by atoms with Crippen LogP contribution in [-0.2, 0) is 32.7 Å². The molecule has 0 rings (SSSR count). The largest absolute Gasteiger partial charge is 0.472 e. The van der Waals surface area contributed by atoms with Gasteiger partial charge < -0.3 is 20.1 Å². The summed E-state index contributed by atoms with van der Waals surface area (Å²) in [6.45, 7) is 3.50. The van der Waals surface area contributed by atoms with Crippen LogP contribution >= 0.6 is 7.82 Å². The number of hydrogen-bond donors (Lipinski definition) is 2. The molecular formula is C71H120NO8P. The number of rotatable bonds is 60. The van der Waals surface area contributed by atoms with Crippen molar-refractivity contribution in [2.24, 2.45) is 5.73 Å². The topological polar surface area (TPSA) is 134 Å². The lowest BCUT2D eigenvalue weighted by Crippen LogP contribution is -2.29. The summed E-state index contributed by atoms with van der Waals surface area (Å²) in [5.41, 5.74) is 5.39. The Morgan fingerprint density at radius 3 is 0.951 bits per heavy atom. The summed E-state index contributed by atoms with van der Waals surface area (Å²) >= 11 is 0. The number of carbonyl (C=O) groups is 2. The zero-order chi connectivity index (χ0) is 58.7. The summed E-state index contributed by atoms with van der Waals surface area (Å²) in [5.74, 6) is -0.849. The second kappa shape index (κ2) is 65.3. The SMILES string of the molecule is CC/C=C\C/C=C\C/C=C\C/C=C\C/C=C\C/C=C\CCCCCCCCCCCCCCCCCCCCCCC(=O)OC(COC(=O)CCCCCCC/C=C\C/C=C\C/C=C\C/C=C\C/C=C\CC)COP(=O)(O)OCCN. The number of unbranched alkanes of at least 4 members (excludes halogenated alkanes) is 25. The van der Waals surface area contributed by atoms with Gasteiger partial charge in [0.15, 0.2) is 6.10 Å². The summed E-state index contributed by atoms with van der Waals surface area (Å²) in [6, 6.07) is 0. The molecule has 0 saturated carbocycles. The zero-order valence-electron chi connectivity index (χ0n) is 51.7. The van der Waals surface area contributed by atoms with Crippen molar-refractivity contribution in [2.45, 2.75) is 277 Å². The van der Waals surface area contributed by atoms with Gasteiger partial charge in [0.05, 0.1) is 13.2 Å². The van der Waals surface area contributed by atoms with E-state index in [9.17, 15) is 19.0 Å². The molecule has 10 heteroatoms. The van der Waals surface area contributed by atoms with Gasteiger partial charge in [0, 0.05) is 19.4 Å². The average molecular weight is 1150 g/mol. The Bertz CT molecular complexity index is 1790. The number of allylic oxidation sites excluding steroid dienone is 22. The zero-order valence-corrected chi connectivity index (χ0v) is 52.6. The first-order valence-corrected chi connectivity index (χ1v) is 34.2. The van der Waals surface area contributed by atoms with E-state index in [4.69, 9.17) is 24.3 Å². The van der Waals surface area contributed by atoms with Gasteiger partial charge >= 0.3 is 19.8 Å². The predicted molar refractivity (Wildman–Crippen MR) is 348 cm³/mol. The fourth-order valence-electron chi connectivity index (χ4n) is 8.79. The van der Waals surface area contributed by atoms with Crippen LogP contribution in [-0.4, -0.2) is 49.3 Å². The van der Waals surface area contributed by atoms with E-state index in [2.05, 4.69) is 148 Å². The number of hydrogen-bond acceptors (Lipinski definition) is 8. The third kappa shape index (κ3) is 65.2. The van der Waals surface area contributed by atoms with E-state index < -0.39 is 32.5 Å². The number of phosphoric ester groups is 1. The second-order valence-electron chi connectivity index (χ2n) is 21.2. The van der Waals surface area contributed by atoms with Crippen molar-refractivity contribution in [2.75, 3.05) is 26.4 Å².